The van der Waals surface area contributed by atoms with Gasteiger partial charge >= 0.3 is 0 Å². The van der Waals surface area contributed by atoms with Crippen molar-refractivity contribution in [2.24, 2.45) is 0 Å². The molecule has 1 aliphatic heterocycles. The Morgan fingerprint density at radius 1 is 1.33 bits per heavy atom. The minimum atomic E-state index is -1.54. The molecule has 5 N–H and O–H groups in total. The molecule has 1 rings (SSSR count). The van der Waals surface area contributed by atoms with Crippen LogP contribution in [0.25, 0.3) is 0 Å². The number of aliphatic hydroxyl groups is 4. The normalized spacial score (nSPS) is 41.3. The van der Waals surface area contributed by atoms with Crippen molar-refractivity contribution >= 4 is 5.91 Å². The van der Waals surface area contributed by atoms with E-state index in [1.807, 2.05) is 0 Å². The zero-order chi connectivity index (χ0) is 11.6. The summed E-state index contributed by atoms with van der Waals surface area (Å²) in [5, 5.41) is 39.4. The molecule has 0 aliphatic carbocycles. The Bertz CT molecular complexity index is 235. The third-order valence-electron chi connectivity index (χ3n) is 2.27. The second-order valence-electron chi connectivity index (χ2n) is 3.46. The summed E-state index contributed by atoms with van der Waals surface area (Å²) in [6.45, 7) is 0.705. The maximum atomic E-state index is 10.8. The molecule has 0 unspecified atom stereocenters. The molecule has 0 bridgehead atoms. The Balaban J connectivity index is 2.74. The number of hydrogen-bond donors (Lipinski definition) is 5. The molecular weight excluding hydrogens is 206 g/mol. The largest absolute Gasteiger partial charge is 0.394 e. The summed E-state index contributed by atoms with van der Waals surface area (Å²) in [6, 6.07) is -1.05. The number of amides is 1. The number of nitrogens with one attached hydrogen (secondary N) is 1. The second-order valence-corrected chi connectivity index (χ2v) is 3.46. The van der Waals surface area contributed by atoms with Gasteiger partial charge in [-0.05, 0) is 0 Å². The fourth-order valence-electron chi connectivity index (χ4n) is 1.51. The lowest BCUT2D eigenvalue weighted by atomic mass is 9.96. The van der Waals surface area contributed by atoms with Crippen molar-refractivity contribution in [3.8, 4) is 0 Å². The van der Waals surface area contributed by atoms with Crippen molar-refractivity contribution in [1.29, 1.82) is 0 Å². The van der Waals surface area contributed by atoms with E-state index < -0.39 is 43.2 Å². The zero-order valence-corrected chi connectivity index (χ0v) is 8.20. The van der Waals surface area contributed by atoms with Gasteiger partial charge in [0, 0.05) is 6.92 Å². The summed E-state index contributed by atoms with van der Waals surface area (Å²) in [6.07, 6.45) is -5.26. The maximum absolute atomic E-state index is 10.8. The third kappa shape index (κ3) is 2.64. The van der Waals surface area contributed by atoms with Crippen molar-refractivity contribution < 1.29 is 30.0 Å². The van der Waals surface area contributed by atoms with Crippen LogP contribution in [0, 0.1) is 0 Å². The first kappa shape index (κ1) is 12.3. The van der Waals surface area contributed by atoms with E-state index in [1.165, 1.54) is 6.92 Å². The predicted octanol–water partition coefficient (Wildman–Crippen LogP) is -3.08. The lowest BCUT2D eigenvalue weighted by Gasteiger charge is -2.40. The third-order valence-corrected chi connectivity index (χ3v) is 2.27. The number of rotatable bonds is 2. The van der Waals surface area contributed by atoms with Gasteiger partial charge in [0.2, 0.25) is 5.91 Å². The van der Waals surface area contributed by atoms with Gasteiger partial charge in [-0.2, -0.15) is 0 Å². The minimum absolute atomic E-state index is 0.455. The number of carbonyl (C=O) groups is 1. The molecule has 0 saturated carbocycles. The number of hydrogen-bond acceptors (Lipinski definition) is 6. The van der Waals surface area contributed by atoms with Gasteiger partial charge in [-0.3, -0.25) is 4.79 Å². The molecule has 1 saturated heterocycles. The molecule has 88 valence electrons. The summed E-state index contributed by atoms with van der Waals surface area (Å²) in [7, 11) is 0. The van der Waals surface area contributed by atoms with Crippen LogP contribution in [0.3, 0.4) is 0 Å². The Labute approximate surface area is 86.3 Å². The zero-order valence-electron chi connectivity index (χ0n) is 8.20. The molecule has 0 radical (unpaired) electrons. The summed E-state index contributed by atoms with van der Waals surface area (Å²) in [5.41, 5.74) is 0. The predicted molar refractivity (Wildman–Crippen MR) is 47.6 cm³/mol. The van der Waals surface area contributed by atoms with Crippen molar-refractivity contribution in [3.05, 3.63) is 0 Å². The van der Waals surface area contributed by atoms with Crippen LogP contribution in [0.2, 0.25) is 0 Å². The van der Waals surface area contributed by atoms with Gasteiger partial charge in [-0.25, -0.2) is 0 Å². The molecule has 0 aromatic rings. The molecule has 1 heterocycles. The summed E-state index contributed by atoms with van der Waals surface area (Å²) >= 11 is 0. The first-order chi connectivity index (χ1) is 6.97. The standard InChI is InChI=1S/C8H15NO6/c1-3(11)9-5-6(12)4(2-10)15-8(14)7(5)13/h4-8,10,12-14H,2H2,1H3,(H,9,11)/t4-,5-,6-,7-,8-/m1/s1. The lowest BCUT2D eigenvalue weighted by molar-refractivity contribution is -0.261. The molecule has 1 amide bonds. The first-order valence-electron chi connectivity index (χ1n) is 4.55. The van der Waals surface area contributed by atoms with Crippen molar-refractivity contribution in [1.82, 2.24) is 5.32 Å². The average Bonchev–Trinajstić information content (AvgIpc) is 2.18. The van der Waals surface area contributed by atoms with Crippen LogP contribution in [0.4, 0.5) is 0 Å². The van der Waals surface area contributed by atoms with Crippen molar-refractivity contribution in [3.63, 3.8) is 0 Å². The Hall–Kier alpha value is -0.730. The summed E-state index contributed by atoms with van der Waals surface area (Å²) in [4.78, 5) is 10.8. The molecule has 7 heteroatoms. The van der Waals surface area contributed by atoms with E-state index in [9.17, 15) is 20.1 Å². The van der Waals surface area contributed by atoms with E-state index in [-0.39, 0.29) is 0 Å². The number of ether oxygens (including phenoxy) is 1. The Morgan fingerprint density at radius 2 is 1.93 bits per heavy atom. The van der Waals surface area contributed by atoms with Crippen LogP contribution < -0.4 is 5.32 Å². The molecule has 15 heavy (non-hydrogen) atoms. The van der Waals surface area contributed by atoms with Gasteiger partial charge in [-0.1, -0.05) is 0 Å². The second kappa shape index (κ2) is 4.86. The van der Waals surface area contributed by atoms with Gasteiger partial charge in [0.15, 0.2) is 6.29 Å². The molecule has 0 spiro atoms. The van der Waals surface area contributed by atoms with E-state index in [0.717, 1.165) is 0 Å². The monoisotopic (exact) mass is 221 g/mol. The van der Waals surface area contributed by atoms with Gasteiger partial charge in [-0.15, -0.1) is 0 Å². The van der Waals surface area contributed by atoms with E-state index in [4.69, 9.17) is 9.84 Å². The van der Waals surface area contributed by atoms with Gasteiger partial charge < -0.3 is 30.5 Å². The van der Waals surface area contributed by atoms with E-state index in [0.29, 0.717) is 0 Å². The molecule has 0 aromatic heterocycles. The van der Waals surface area contributed by atoms with E-state index >= 15 is 0 Å². The molecule has 0 aromatic carbocycles. The van der Waals surface area contributed by atoms with Crippen molar-refractivity contribution in [2.45, 2.75) is 37.6 Å². The number of aliphatic hydroxyl groups excluding tert-OH is 4. The quantitative estimate of drug-likeness (QED) is 0.337. The molecular formula is C8H15NO6. The highest BCUT2D eigenvalue weighted by Crippen LogP contribution is 2.19. The van der Waals surface area contributed by atoms with Crippen LogP contribution >= 0.6 is 0 Å². The Kier molecular flexibility index (Phi) is 4.00. The summed E-state index contributed by atoms with van der Waals surface area (Å²) in [5.74, 6) is -0.455. The lowest BCUT2D eigenvalue weighted by Crippen LogP contribution is -2.64. The highest BCUT2D eigenvalue weighted by atomic mass is 16.6. The average molecular weight is 221 g/mol. The van der Waals surface area contributed by atoms with Crippen LogP contribution in [0.5, 0.6) is 0 Å². The number of carbonyl (C=O) groups excluding carboxylic acids is 1. The van der Waals surface area contributed by atoms with E-state index in [2.05, 4.69) is 5.32 Å². The maximum Gasteiger partial charge on any atom is 0.217 e. The van der Waals surface area contributed by atoms with Crippen LogP contribution in [-0.2, 0) is 9.53 Å². The molecule has 1 aliphatic rings. The Morgan fingerprint density at radius 3 is 2.40 bits per heavy atom. The van der Waals surface area contributed by atoms with Crippen LogP contribution in [0.1, 0.15) is 6.92 Å². The minimum Gasteiger partial charge on any atom is -0.394 e. The van der Waals surface area contributed by atoms with Gasteiger partial charge in [0.25, 0.3) is 0 Å². The molecule has 1 fully saturated rings. The van der Waals surface area contributed by atoms with E-state index in [1.54, 1.807) is 0 Å². The SMILES string of the molecule is CC(=O)N[C@H]1[C@@H](O)[C@H](O)O[C@H](CO)[C@H]1O. The smallest absolute Gasteiger partial charge is 0.217 e. The molecule has 7 nitrogen and oxygen atoms in total. The topological polar surface area (TPSA) is 119 Å². The van der Waals surface area contributed by atoms with Crippen molar-refractivity contribution in [2.75, 3.05) is 6.61 Å². The van der Waals surface area contributed by atoms with Crippen LogP contribution in [-0.4, -0.2) is 63.6 Å². The fraction of sp³-hybridized carbons (Fsp3) is 0.875. The van der Waals surface area contributed by atoms with Gasteiger partial charge in [0.05, 0.1) is 12.6 Å². The fourth-order valence-corrected chi connectivity index (χ4v) is 1.51. The highest BCUT2D eigenvalue weighted by molar-refractivity contribution is 5.73. The summed E-state index contributed by atoms with van der Waals surface area (Å²) < 4.78 is 4.73. The highest BCUT2D eigenvalue weighted by Gasteiger charge is 2.43. The van der Waals surface area contributed by atoms with Crippen LogP contribution in [0.15, 0.2) is 0 Å². The first-order valence-corrected chi connectivity index (χ1v) is 4.55. The molecule has 5 atom stereocenters. The van der Waals surface area contributed by atoms with Gasteiger partial charge in [0.1, 0.15) is 18.3 Å².